The molecule has 4 aromatic rings. The lowest BCUT2D eigenvalue weighted by Crippen LogP contribution is -2.16. The number of nitrogens with two attached hydrogens (primary N) is 1. The molecular weight excluding hydrogens is 398 g/mol. The second-order valence-corrected chi connectivity index (χ2v) is 6.41. The number of benzene rings is 1. The van der Waals surface area contributed by atoms with Gasteiger partial charge in [0.15, 0.2) is 11.6 Å². The number of amides is 1. The third-order valence-electron chi connectivity index (χ3n) is 4.27. The second-order valence-electron chi connectivity index (χ2n) is 6.41. The smallest absolute Gasteiger partial charge is 0.254 e. The summed E-state index contributed by atoms with van der Waals surface area (Å²) in [6.07, 6.45) is 4.58. The van der Waals surface area contributed by atoms with Crippen molar-refractivity contribution in [3.63, 3.8) is 0 Å². The second kappa shape index (κ2) is 8.45. The summed E-state index contributed by atoms with van der Waals surface area (Å²) in [6, 6.07) is 10.8. The van der Waals surface area contributed by atoms with Crippen LogP contribution in [-0.2, 0) is 7.05 Å². The summed E-state index contributed by atoms with van der Waals surface area (Å²) in [5.74, 6) is 1.33. The minimum atomic E-state index is -0.673. The molecule has 0 aliphatic heterocycles. The van der Waals surface area contributed by atoms with Crippen LogP contribution in [0, 0.1) is 0 Å². The monoisotopic (exact) mass is 417 g/mol. The number of carbonyl (C=O) groups is 1. The van der Waals surface area contributed by atoms with Gasteiger partial charge in [-0.3, -0.25) is 9.48 Å². The van der Waals surface area contributed by atoms with E-state index in [1.54, 1.807) is 42.5 Å². The molecule has 0 saturated heterocycles. The zero-order valence-corrected chi connectivity index (χ0v) is 16.8. The minimum Gasteiger partial charge on any atom is -0.494 e. The summed E-state index contributed by atoms with van der Waals surface area (Å²) in [5, 5.41) is 10.4. The van der Waals surface area contributed by atoms with E-state index in [0.717, 1.165) is 0 Å². The third kappa shape index (κ3) is 4.24. The number of nitrogens with one attached hydrogen (secondary N) is 2. The number of aromatic nitrogens is 6. The zero-order chi connectivity index (χ0) is 21.8. The van der Waals surface area contributed by atoms with Crippen molar-refractivity contribution in [1.29, 1.82) is 0 Å². The van der Waals surface area contributed by atoms with Crippen molar-refractivity contribution in [3.8, 4) is 17.1 Å². The summed E-state index contributed by atoms with van der Waals surface area (Å²) in [4.78, 5) is 29.0. The van der Waals surface area contributed by atoms with Gasteiger partial charge in [-0.2, -0.15) is 10.1 Å². The summed E-state index contributed by atoms with van der Waals surface area (Å²) >= 11 is 0. The summed E-state index contributed by atoms with van der Waals surface area (Å²) < 4.78 is 7.20. The molecule has 0 radical (unpaired) electrons. The molecular formula is C20H19N9O2. The highest BCUT2D eigenvalue weighted by Gasteiger charge is 2.18. The SMILES string of the molecule is COc1c(Nc2nc(Nc3ccccn3)ncc2C(N)=O)cccc1-c1ncn(C)n1. The average Bonchev–Trinajstić information content (AvgIpc) is 3.20. The fourth-order valence-corrected chi connectivity index (χ4v) is 2.89. The first-order valence-corrected chi connectivity index (χ1v) is 9.20. The van der Waals surface area contributed by atoms with Gasteiger partial charge in [0.1, 0.15) is 23.5 Å². The van der Waals surface area contributed by atoms with Crippen LogP contribution in [0.2, 0.25) is 0 Å². The van der Waals surface area contributed by atoms with Gasteiger partial charge in [0.2, 0.25) is 5.95 Å². The van der Waals surface area contributed by atoms with Crippen molar-refractivity contribution in [2.75, 3.05) is 17.7 Å². The zero-order valence-electron chi connectivity index (χ0n) is 16.8. The lowest BCUT2D eigenvalue weighted by atomic mass is 10.1. The highest BCUT2D eigenvalue weighted by Crippen LogP contribution is 2.36. The molecule has 3 aromatic heterocycles. The van der Waals surface area contributed by atoms with Crippen LogP contribution in [0.15, 0.2) is 55.1 Å². The number of nitrogens with zero attached hydrogens (tertiary/aromatic N) is 6. The molecule has 0 atom stereocenters. The molecule has 156 valence electrons. The van der Waals surface area contributed by atoms with E-state index in [9.17, 15) is 4.79 Å². The molecule has 0 aliphatic carbocycles. The lowest BCUT2D eigenvalue weighted by Gasteiger charge is -2.15. The van der Waals surface area contributed by atoms with Crippen molar-refractivity contribution >= 4 is 29.2 Å². The number of anilines is 4. The van der Waals surface area contributed by atoms with Gasteiger partial charge in [-0.15, -0.1) is 0 Å². The Bertz CT molecular complexity index is 1220. The molecule has 1 amide bonds. The molecule has 11 nitrogen and oxygen atoms in total. The molecule has 0 unspecified atom stereocenters. The van der Waals surface area contributed by atoms with Gasteiger partial charge < -0.3 is 21.1 Å². The first kappa shape index (κ1) is 19.8. The number of methoxy groups -OCH3 is 1. The van der Waals surface area contributed by atoms with Crippen molar-refractivity contribution in [2.45, 2.75) is 0 Å². The quantitative estimate of drug-likeness (QED) is 0.412. The van der Waals surface area contributed by atoms with Crippen molar-refractivity contribution in [1.82, 2.24) is 29.7 Å². The molecule has 0 spiro atoms. The van der Waals surface area contributed by atoms with E-state index in [0.29, 0.717) is 28.6 Å². The van der Waals surface area contributed by atoms with Gasteiger partial charge in [-0.05, 0) is 24.3 Å². The standard InChI is InChI=1S/C20H19N9O2/c1-29-11-24-18(28-29)12-6-5-7-14(16(12)31-2)25-19-13(17(21)30)10-23-20(27-19)26-15-8-3-4-9-22-15/h3-11H,1-2H3,(H2,21,30)(H2,22,23,25,26,27). The third-order valence-corrected chi connectivity index (χ3v) is 4.27. The predicted octanol–water partition coefficient (Wildman–Crippen LogP) is 2.26. The molecule has 0 aliphatic rings. The molecule has 0 saturated carbocycles. The number of hydrogen-bond donors (Lipinski definition) is 3. The van der Waals surface area contributed by atoms with Gasteiger partial charge >= 0.3 is 0 Å². The topological polar surface area (TPSA) is 146 Å². The maximum absolute atomic E-state index is 11.9. The number of carbonyl (C=O) groups excluding carboxylic acids is 1. The summed E-state index contributed by atoms with van der Waals surface area (Å²) in [5.41, 5.74) is 6.87. The highest BCUT2D eigenvalue weighted by atomic mass is 16.5. The number of rotatable bonds is 7. The van der Waals surface area contributed by atoms with Gasteiger partial charge in [0, 0.05) is 19.4 Å². The van der Waals surface area contributed by atoms with E-state index >= 15 is 0 Å². The molecule has 31 heavy (non-hydrogen) atoms. The van der Waals surface area contributed by atoms with Gasteiger partial charge in [-0.25, -0.2) is 15.0 Å². The largest absolute Gasteiger partial charge is 0.494 e. The Morgan fingerprint density at radius 1 is 1.10 bits per heavy atom. The number of aryl methyl sites for hydroxylation is 1. The number of pyridine rings is 1. The van der Waals surface area contributed by atoms with Crippen LogP contribution in [0.4, 0.5) is 23.3 Å². The van der Waals surface area contributed by atoms with Crippen LogP contribution >= 0.6 is 0 Å². The lowest BCUT2D eigenvalue weighted by molar-refractivity contribution is 0.100. The molecule has 4 rings (SSSR count). The van der Waals surface area contributed by atoms with Crippen molar-refractivity contribution in [3.05, 3.63) is 60.7 Å². The fourth-order valence-electron chi connectivity index (χ4n) is 2.89. The Kier molecular flexibility index (Phi) is 5.39. The van der Waals surface area contributed by atoms with E-state index < -0.39 is 5.91 Å². The molecule has 4 N–H and O–H groups in total. The van der Waals surface area contributed by atoms with Gasteiger partial charge in [0.25, 0.3) is 5.91 Å². The first-order valence-electron chi connectivity index (χ1n) is 9.20. The molecule has 3 heterocycles. The Morgan fingerprint density at radius 3 is 2.65 bits per heavy atom. The Balaban J connectivity index is 1.72. The first-order chi connectivity index (χ1) is 15.0. The predicted molar refractivity (Wildman–Crippen MR) is 114 cm³/mol. The van der Waals surface area contributed by atoms with Crippen LogP contribution < -0.4 is 21.1 Å². The van der Waals surface area contributed by atoms with E-state index in [1.807, 2.05) is 18.2 Å². The number of ether oxygens (including phenoxy) is 1. The number of hydrogen-bond acceptors (Lipinski definition) is 9. The Morgan fingerprint density at radius 2 is 1.97 bits per heavy atom. The minimum absolute atomic E-state index is 0.120. The van der Waals surface area contributed by atoms with Crippen molar-refractivity contribution < 1.29 is 9.53 Å². The van der Waals surface area contributed by atoms with Crippen LogP contribution in [0.25, 0.3) is 11.4 Å². The van der Waals surface area contributed by atoms with E-state index in [2.05, 4.69) is 35.7 Å². The highest BCUT2D eigenvalue weighted by molar-refractivity contribution is 5.98. The van der Waals surface area contributed by atoms with E-state index in [4.69, 9.17) is 10.5 Å². The van der Waals surface area contributed by atoms with E-state index in [1.165, 1.54) is 13.3 Å². The molecule has 0 fully saturated rings. The van der Waals surface area contributed by atoms with Crippen LogP contribution in [0.3, 0.4) is 0 Å². The maximum Gasteiger partial charge on any atom is 0.254 e. The molecule has 1 aromatic carbocycles. The van der Waals surface area contributed by atoms with Crippen LogP contribution in [-0.4, -0.2) is 42.7 Å². The number of primary amides is 1. The molecule has 0 bridgehead atoms. The molecule has 11 heteroatoms. The number of para-hydroxylation sites is 1. The van der Waals surface area contributed by atoms with E-state index in [-0.39, 0.29) is 17.3 Å². The summed E-state index contributed by atoms with van der Waals surface area (Å²) in [6.45, 7) is 0. The average molecular weight is 417 g/mol. The van der Waals surface area contributed by atoms with Gasteiger partial charge in [0.05, 0.1) is 18.4 Å². The van der Waals surface area contributed by atoms with Crippen molar-refractivity contribution in [2.24, 2.45) is 12.8 Å². The Labute approximate surface area is 177 Å². The maximum atomic E-state index is 11.9. The van der Waals surface area contributed by atoms with Gasteiger partial charge in [-0.1, -0.05) is 12.1 Å². The normalized spacial score (nSPS) is 10.5. The Hall–Kier alpha value is -4.54. The summed E-state index contributed by atoms with van der Waals surface area (Å²) in [7, 11) is 3.32. The van der Waals surface area contributed by atoms with Crippen LogP contribution in [0.1, 0.15) is 10.4 Å². The van der Waals surface area contributed by atoms with Crippen LogP contribution in [0.5, 0.6) is 5.75 Å². The fraction of sp³-hybridized carbons (Fsp3) is 0.100.